The second-order valence-corrected chi connectivity index (χ2v) is 6.62. The highest BCUT2D eigenvalue weighted by molar-refractivity contribution is 5.98. The molecule has 0 aliphatic heterocycles. The summed E-state index contributed by atoms with van der Waals surface area (Å²) in [5.41, 5.74) is 6.24. The number of hydrogen-bond acceptors (Lipinski definition) is 4. The van der Waals surface area contributed by atoms with Gasteiger partial charge in [0.25, 0.3) is 5.91 Å². The van der Waals surface area contributed by atoms with Crippen LogP contribution in [0.15, 0.2) is 48.5 Å². The minimum atomic E-state index is -0.899. The van der Waals surface area contributed by atoms with Crippen LogP contribution in [0.1, 0.15) is 49.0 Å². The normalized spacial score (nSPS) is 11.4. The number of rotatable bonds is 9. The lowest BCUT2D eigenvalue weighted by atomic mass is 10.0. The number of amides is 2. The second-order valence-electron chi connectivity index (χ2n) is 6.62. The van der Waals surface area contributed by atoms with Crippen LogP contribution in [0.3, 0.4) is 0 Å². The quantitative estimate of drug-likeness (QED) is 0.499. The van der Waals surface area contributed by atoms with Crippen molar-refractivity contribution in [2.24, 2.45) is 0 Å². The third kappa shape index (κ3) is 7.37. The van der Waals surface area contributed by atoms with E-state index in [-0.39, 0.29) is 18.6 Å². The zero-order valence-electron chi connectivity index (χ0n) is 16.5. The van der Waals surface area contributed by atoms with Crippen LogP contribution in [0.25, 0.3) is 0 Å². The van der Waals surface area contributed by atoms with Gasteiger partial charge in [0, 0.05) is 18.4 Å². The van der Waals surface area contributed by atoms with Gasteiger partial charge in [-0.15, -0.1) is 0 Å². The number of hydrogen-bond donors (Lipinski definition) is 2. The summed E-state index contributed by atoms with van der Waals surface area (Å²) in [6, 6.07) is 12.6. The van der Waals surface area contributed by atoms with Crippen LogP contribution in [0.2, 0.25) is 0 Å². The number of ketones is 1. The summed E-state index contributed by atoms with van der Waals surface area (Å²) >= 11 is 0. The van der Waals surface area contributed by atoms with Crippen LogP contribution in [0.4, 0.5) is 4.39 Å². The van der Waals surface area contributed by atoms with Crippen LogP contribution in [-0.2, 0) is 16.0 Å². The molecule has 7 heteroatoms. The molecule has 0 saturated carbocycles. The predicted octanol–water partition coefficient (Wildman–Crippen LogP) is 3.36. The van der Waals surface area contributed by atoms with Gasteiger partial charge in [0.1, 0.15) is 11.6 Å². The van der Waals surface area contributed by atoms with Crippen molar-refractivity contribution < 1.29 is 23.5 Å². The number of carbonyl (C=O) groups is 3. The molecule has 2 aromatic rings. The molecule has 2 rings (SSSR count). The largest absolute Gasteiger partial charge is 0.481 e. The number of benzene rings is 2. The highest BCUT2D eigenvalue weighted by atomic mass is 19.1. The number of ether oxygens (including phenoxy) is 1. The summed E-state index contributed by atoms with van der Waals surface area (Å²) in [6.45, 7) is 3.59. The highest BCUT2D eigenvalue weighted by Crippen LogP contribution is 2.13. The van der Waals surface area contributed by atoms with Gasteiger partial charge in [0.05, 0.1) is 0 Å². The van der Waals surface area contributed by atoms with Crippen LogP contribution in [0.5, 0.6) is 5.75 Å². The lowest BCUT2D eigenvalue weighted by Crippen LogP contribution is -2.47. The Labute approximate surface area is 169 Å². The maximum Gasteiger partial charge on any atom is 0.279 e. The van der Waals surface area contributed by atoms with Crippen molar-refractivity contribution in [1.29, 1.82) is 0 Å². The third-order valence-electron chi connectivity index (χ3n) is 4.21. The Hall–Kier alpha value is -3.22. The SMILES string of the molecule is CCCc1ccc(C(=O)CCC(=O)NNC(=O)[C@@H](C)Oc2ccc(F)cc2)cc1. The van der Waals surface area contributed by atoms with E-state index in [4.69, 9.17) is 4.74 Å². The van der Waals surface area contributed by atoms with Crippen molar-refractivity contribution in [3.8, 4) is 5.75 Å². The zero-order chi connectivity index (χ0) is 21.2. The van der Waals surface area contributed by atoms with Crippen molar-refractivity contribution >= 4 is 17.6 Å². The molecule has 29 heavy (non-hydrogen) atoms. The van der Waals surface area contributed by atoms with Crippen LogP contribution in [0, 0.1) is 5.82 Å². The van der Waals surface area contributed by atoms with Gasteiger partial charge in [-0.05, 0) is 43.2 Å². The average molecular weight is 400 g/mol. The molecule has 6 nitrogen and oxygen atoms in total. The monoisotopic (exact) mass is 400 g/mol. The standard InChI is InChI=1S/C22H25FN2O4/c1-3-4-16-5-7-17(8-6-16)20(26)13-14-21(27)24-25-22(28)15(2)29-19-11-9-18(23)10-12-19/h5-12,15H,3-4,13-14H2,1-2H3,(H,24,27)(H,25,28)/t15-/m1/s1. The van der Waals surface area contributed by atoms with Crippen LogP contribution < -0.4 is 15.6 Å². The number of Topliss-reactive ketones (excluding diaryl/α,β-unsaturated/α-hetero) is 1. The molecule has 0 aliphatic rings. The first-order valence-electron chi connectivity index (χ1n) is 9.52. The maximum atomic E-state index is 12.9. The summed E-state index contributed by atoms with van der Waals surface area (Å²) in [5.74, 6) is -1.27. The molecule has 0 aromatic heterocycles. The number of halogens is 1. The molecule has 154 valence electrons. The van der Waals surface area contributed by atoms with Gasteiger partial charge in [0.2, 0.25) is 5.91 Å². The molecule has 0 fully saturated rings. The summed E-state index contributed by atoms with van der Waals surface area (Å²) in [6.07, 6.45) is 1.08. The molecule has 2 amide bonds. The Balaban J connectivity index is 1.72. The predicted molar refractivity (Wildman–Crippen MR) is 107 cm³/mol. The Morgan fingerprint density at radius 3 is 2.24 bits per heavy atom. The highest BCUT2D eigenvalue weighted by Gasteiger charge is 2.16. The molecule has 0 saturated heterocycles. The number of aryl methyl sites for hydroxylation is 1. The molecule has 0 spiro atoms. The van der Waals surface area contributed by atoms with Gasteiger partial charge in [-0.1, -0.05) is 37.6 Å². The fourth-order valence-electron chi connectivity index (χ4n) is 2.58. The first kappa shape index (κ1) is 22.1. The Morgan fingerprint density at radius 1 is 0.966 bits per heavy atom. The summed E-state index contributed by atoms with van der Waals surface area (Å²) in [4.78, 5) is 36.0. The number of nitrogens with one attached hydrogen (secondary N) is 2. The van der Waals surface area contributed by atoms with Gasteiger partial charge in [-0.2, -0.15) is 0 Å². The molecule has 0 unspecified atom stereocenters. The lowest BCUT2D eigenvalue weighted by Gasteiger charge is -2.15. The smallest absolute Gasteiger partial charge is 0.279 e. The van der Waals surface area contributed by atoms with Crippen LogP contribution in [-0.4, -0.2) is 23.7 Å². The first-order valence-corrected chi connectivity index (χ1v) is 9.52. The fourth-order valence-corrected chi connectivity index (χ4v) is 2.58. The minimum absolute atomic E-state index is 0.0382. The van der Waals surface area contributed by atoms with E-state index in [1.54, 1.807) is 12.1 Å². The number of carbonyl (C=O) groups excluding carboxylic acids is 3. The van der Waals surface area contributed by atoms with Crippen molar-refractivity contribution in [1.82, 2.24) is 10.9 Å². The summed E-state index contributed by atoms with van der Waals surface area (Å²) in [7, 11) is 0. The van der Waals surface area contributed by atoms with E-state index >= 15 is 0 Å². The Morgan fingerprint density at radius 2 is 1.62 bits per heavy atom. The Bertz CT molecular complexity index is 835. The molecule has 0 heterocycles. The molecule has 0 radical (unpaired) electrons. The van der Waals surface area contributed by atoms with Crippen molar-refractivity contribution in [2.45, 2.75) is 45.6 Å². The molecule has 2 aromatic carbocycles. The molecule has 0 aliphatic carbocycles. The van der Waals surface area contributed by atoms with E-state index in [0.717, 1.165) is 12.8 Å². The van der Waals surface area contributed by atoms with E-state index in [9.17, 15) is 18.8 Å². The van der Waals surface area contributed by atoms with Crippen LogP contribution >= 0.6 is 0 Å². The van der Waals surface area contributed by atoms with Crippen molar-refractivity contribution in [3.63, 3.8) is 0 Å². The molecule has 2 N–H and O–H groups in total. The lowest BCUT2D eigenvalue weighted by molar-refractivity contribution is -0.132. The van der Waals surface area contributed by atoms with Crippen molar-refractivity contribution in [3.05, 3.63) is 65.5 Å². The maximum absolute atomic E-state index is 12.9. The van der Waals surface area contributed by atoms with Gasteiger partial charge in [-0.3, -0.25) is 25.2 Å². The fraction of sp³-hybridized carbons (Fsp3) is 0.318. The summed E-state index contributed by atoms with van der Waals surface area (Å²) < 4.78 is 18.2. The van der Waals surface area contributed by atoms with E-state index < -0.39 is 23.7 Å². The Kier molecular flexibility index (Phi) is 8.33. The van der Waals surface area contributed by atoms with E-state index in [1.807, 2.05) is 12.1 Å². The van der Waals surface area contributed by atoms with Crippen molar-refractivity contribution in [2.75, 3.05) is 0 Å². The van der Waals surface area contributed by atoms with E-state index in [0.29, 0.717) is 11.3 Å². The zero-order valence-corrected chi connectivity index (χ0v) is 16.5. The van der Waals surface area contributed by atoms with Gasteiger partial charge in [0.15, 0.2) is 11.9 Å². The third-order valence-corrected chi connectivity index (χ3v) is 4.21. The second kappa shape index (κ2) is 10.9. The molecule has 0 bridgehead atoms. The topological polar surface area (TPSA) is 84.5 Å². The summed E-state index contributed by atoms with van der Waals surface area (Å²) in [5, 5.41) is 0. The minimum Gasteiger partial charge on any atom is -0.481 e. The average Bonchev–Trinajstić information content (AvgIpc) is 2.72. The van der Waals surface area contributed by atoms with E-state index in [1.165, 1.54) is 36.8 Å². The molecular weight excluding hydrogens is 375 g/mol. The number of hydrazine groups is 1. The van der Waals surface area contributed by atoms with E-state index in [2.05, 4.69) is 17.8 Å². The molecule has 1 atom stereocenters. The van der Waals surface area contributed by atoms with Gasteiger partial charge < -0.3 is 4.74 Å². The van der Waals surface area contributed by atoms with Gasteiger partial charge in [-0.25, -0.2) is 4.39 Å². The van der Waals surface area contributed by atoms with Gasteiger partial charge >= 0.3 is 0 Å². The first-order chi connectivity index (χ1) is 13.9. The molecular formula is C22H25FN2O4.